The van der Waals surface area contributed by atoms with Gasteiger partial charge in [-0.25, -0.2) is 0 Å². The SMILES string of the molecule is CCCN(CC)CCNC(=NCCCN1CCOCC1)NCC.I. The predicted octanol–water partition coefficient (Wildman–Crippen LogP) is 1.61. The van der Waals surface area contributed by atoms with Gasteiger partial charge < -0.3 is 20.3 Å². The summed E-state index contributed by atoms with van der Waals surface area (Å²) in [6.07, 6.45) is 2.32. The average Bonchev–Trinajstić information content (AvgIpc) is 2.58. The predicted molar refractivity (Wildman–Crippen MR) is 114 cm³/mol. The highest BCUT2D eigenvalue weighted by atomic mass is 127. The molecule has 0 bridgehead atoms. The fourth-order valence-corrected chi connectivity index (χ4v) is 2.73. The number of nitrogens with one attached hydrogen (secondary N) is 2. The zero-order valence-electron chi connectivity index (χ0n) is 15.9. The zero-order chi connectivity index (χ0) is 16.8. The van der Waals surface area contributed by atoms with E-state index in [1.54, 1.807) is 0 Å². The minimum Gasteiger partial charge on any atom is -0.379 e. The van der Waals surface area contributed by atoms with Crippen molar-refractivity contribution in [3.8, 4) is 0 Å². The summed E-state index contributed by atoms with van der Waals surface area (Å²) in [7, 11) is 0. The number of hydrogen-bond acceptors (Lipinski definition) is 4. The van der Waals surface area contributed by atoms with E-state index in [2.05, 4.69) is 46.2 Å². The maximum atomic E-state index is 5.37. The first-order chi connectivity index (χ1) is 11.3. The zero-order valence-corrected chi connectivity index (χ0v) is 18.2. The van der Waals surface area contributed by atoms with Gasteiger partial charge in [0.25, 0.3) is 0 Å². The summed E-state index contributed by atoms with van der Waals surface area (Å²) in [5.41, 5.74) is 0. The van der Waals surface area contributed by atoms with Gasteiger partial charge in [0.15, 0.2) is 5.96 Å². The number of aliphatic imine (C=N–C) groups is 1. The summed E-state index contributed by atoms with van der Waals surface area (Å²) >= 11 is 0. The molecule has 1 aliphatic heterocycles. The third-order valence-corrected chi connectivity index (χ3v) is 4.06. The van der Waals surface area contributed by atoms with Gasteiger partial charge >= 0.3 is 0 Å². The number of rotatable bonds is 11. The maximum Gasteiger partial charge on any atom is 0.191 e. The Morgan fingerprint density at radius 2 is 1.88 bits per heavy atom. The molecule has 1 aliphatic rings. The second-order valence-electron chi connectivity index (χ2n) is 5.93. The number of likely N-dealkylation sites (N-methyl/N-ethyl adjacent to an activating group) is 1. The quantitative estimate of drug-likeness (QED) is 0.215. The maximum absolute atomic E-state index is 5.37. The van der Waals surface area contributed by atoms with Crippen LogP contribution in [0.3, 0.4) is 0 Å². The van der Waals surface area contributed by atoms with Crippen molar-refractivity contribution in [1.82, 2.24) is 20.4 Å². The molecule has 6 nitrogen and oxygen atoms in total. The molecule has 2 N–H and O–H groups in total. The molecule has 0 aliphatic carbocycles. The number of halogens is 1. The minimum atomic E-state index is 0. The number of hydrogen-bond donors (Lipinski definition) is 2. The molecule has 0 saturated carbocycles. The van der Waals surface area contributed by atoms with E-state index in [0.717, 1.165) is 78.0 Å². The molecule has 7 heteroatoms. The molecule has 144 valence electrons. The molecule has 0 amide bonds. The smallest absolute Gasteiger partial charge is 0.191 e. The molecule has 0 aromatic carbocycles. The summed E-state index contributed by atoms with van der Waals surface area (Å²) in [5, 5.41) is 6.78. The minimum absolute atomic E-state index is 0. The number of guanidine groups is 1. The molecule has 0 atom stereocenters. The van der Waals surface area contributed by atoms with E-state index in [1.807, 2.05) is 0 Å². The van der Waals surface area contributed by atoms with E-state index in [9.17, 15) is 0 Å². The van der Waals surface area contributed by atoms with Crippen LogP contribution in [0.2, 0.25) is 0 Å². The van der Waals surface area contributed by atoms with Gasteiger partial charge in [-0.15, -0.1) is 24.0 Å². The second-order valence-corrected chi connectivity index (χ2v) is 5.93. The van der Waals surface area contributed by atoms with Crippen molar-refractivity contribution >= 4 is 29.9 Å². The molecule has 0 unspecified atom stereocenters. The van der Waals surface area contributed by atoms with E-state index in [0.29, 0.717) is 0 Å². The Balaban J connectivity index is 0.00000529. The summed E-state index contributed by atoms with van der Waals surface area (Å²) < 4.78 is 5.37. The molecule has 0 aromatic heterocycles. The first-order valence-corrected chi connectivity index (χ1v) is 9.34. The van der Waals surface area contributed by atoms with E-state index < -0.39 is 0 Å². The van der Waals surface area contributed by atoms with Crippen LogP contribution in [0, 0.1) is 0 Å². The summed E-state index contributed by atoms with van der Waals surface area (Å²) in [6.45, 7) is 17.6. The van der Waals surface area contributed by atoms with Gasteiger partial charge in [0, 0.05) is 45.8 Å². The van der Waals surface area contributed by atoms with Crippen molar-refractivity contribution in [2.75, 3.05) is 72.1 Å². The van der Waals surface area contributed by atoms with Crippen molar-refractivity contribution in [2.24, 2.45) is 4.99 Å². The average molecular weight is 455 g/mol. The molecule has 1 rings (SSSR count). The lowest BCUT2D eigenvalue weighted by Gasteiger charge is -2.26. The molecule has 0 radical (unpaired) electrons. The van der Waals surface area contributed by atoms with Crippen LogP contribution in [0.5, 0.6) is 0 Å². The monoisotopic (exact) mass is 455 g/mol. The Kier molecular flexibility index (Phi) is 16.3. The number of nitrogens with zero attached hydrogens (tertiary/aromatic N) is 3. The number of morpholine rings is 1. The second kappa shape index (κ2) is 16.4. The highest BCUT2D eigenvalue weighted by Gasteiger charge is 2.09. The lowest BCUT2D eigenvalue weighted by atomic mass is 10.3. The Bertz CT molecular complexity index is 311. The van der Waals surface area contributed by atoms with Crippen LogP contribution < -0.4 is 10.6 Å². The van der Waals surface area contributed by atoms with Gasteiger partial charge in [-0.05, 0) is 32.9 Å². The van der Waals surface area contributed by atoms with Crippen molar-refractivity contribution in [3.05, 3.63) is 0 Å². The van der Waals surface area contributed by atoms with Crippen LogP contribution in [0.4, 0.5) is 0 Å². The molecule has 0 aromatic rings. The fraction of sp³-hybridized carbons (Fsp3) is 0.941. The number of ether oxygens (including phenoxy) is 1. The third-order valence-electron chi connectivity index (χ3n) is 4.06. The van der Waals surface area contributed by atoms with E-state index in [1.165, 1.54) is 13.0 Å². The van der Waals surface area contributed by atoms with Crippen molar-refractivity contribution in [2.45, 2.75) is 33.6 Å². The van der Waals surface area contributed by atoms with Crippen molar-refractivity contribution < 1.29 is 4.74 Å². The Morgan fingerprint density at radius 3 is 2.50 bits per heavy atom. The molecule has 1 heterocycles. The van der Waals surface area contributed by atoms with Gasteiger partial charge in [0.05, 0.1) is 13.2 Å². The van der Waals surface area contributed by atoms with Gasteiger partial charge in [0.2, 0.25) is 0 Å². The Labute approximate surface area is 165 Å². The molecular formula is C17H38IN5O. The molecule has 24 heavy (non-hydrogen) atoms. The summed E-state index contributed by atoms with van der Waals surface area (Å²) in [4.78, 5) is 9.61. The lowest BCUT2D eigenvalue weighted by Crippen LogP contribution is -2.42. The summed E-state index contributed by atoms with van der Waals surface area (Å²) in [5.74, 6) is 0.946. The standard InChI is InChI=1S/C17H37N5O.HI/c1-4-10-21(6-3)12-9-20-17(18-5-2)19-8-7-11-22-13-15-23-16-14-22;/h4-16H2,1-3H3,(H2,18,19,20);1H. The molecule has 1 fully saturated rings. The molecular weight excluding hydrogens is 417 g/mol. The van der Waals surface area contributed by atoms with Crippen LogP contribution in [0.25, 0.3) is 0 Å². The first kappa shape index (κ1) is 23.9. The lowest BCUT2D eigenvalue weighted by molar-refractivity contribution is 0.0377. The van der Waals surface area contributed by atoms with Crippen LogP contribution in [0.15, 0.2) is 4.99 Å². The van der Waals surface area contributed by atoms with E-state index >= 15 is 0 Å². The van der Waals surface area contributed by atoms with Crippen LogP contribution in [0.1, 0.15) is 33.6 Å². The third kappa shape index (κ3) is 11.4. The highest BCUT2D eigenvalue weighted by Crippen LogP contribution is 1.98. The fourth-order valence-electron chi connectivity index (χ4n) is 2.73. The summed E-state index contributed by atoms with van der Waals surface area (Å²) in [6, 6.07) is 0. The molecule has 0 spiro atoms. The van der Waals surface area contributed by atoms with E-state index in [-0.39, 0.29) is 24.0 Å². The van der Waals surface area contributed by atoms with Gasteiger partial charge in [0.1, 0.15) is 0 Å². The Hall–Kier alpha value is -0.120. The largest absolute Gasteiger partial charge is 0.379 e. The Morgan fingerprint density at radius 1 is 1.12 bits per heavy atom. The first-order valence-electron chi connectivity index (χ1n) is 9.34. The van der Waals surface area contributed by atoms with Gasteiger partial charge in [-0.2, -0.15) is 0 Å². The normalized spacial score (nSPS) is 16.1. The van der Waals surface area contributed by atoms with Gasteiger partial charge in [-0.3, -0.25) is 9.89 Å². The molecule has 1 saturated heterocycles. The van der Waals surface area contributed by atoms with E-state index in [4.69, 9.17) is 4.74 Å². The van der Waals surface area contributed by atoms with Gasteiger partial charge in [-0.1, -0.05) is 13.8 Å². The topological polar surface area (TPSA) is 52.1 Å². The van der Waals surface area contributed by atoms with Crippen LogP contribution >= 0.6 is 24.0 Å². The van der Waals surface area contributed by atoms with Crippen molar-refractivity contribution in [1.29, 1.82) is 0 Å². The van der Waals surface area contributed by atoms with Crippen LogP contribution in [-0.4, -0.2) is 87.9 Å². The van der Waals surface area contributed by atoms with Crippen molar-refractivity contribution in [3.63, 3.8) is 0 Å². The highest BCUT2D eigenvalue weighted by molar-refractivity contribution is 14.0. The van der Waals surface area contributed by atoms with Crippen LogP contribution in [-0.2, 0) is 4.74 Å².